The lowest BCUT2D eigenvalue weighted by atomic mass is 10.0. The fraction of sp³-hybridized carbons (Fsp3) is 0.500. The lowest BCUT2D eigenvalue weighted by molar-refractivity contribution is -0.127. The van der Waals surface area contributed by atoms with Crippen LogP contribution in [0.4, 0.5) is 0 Å². The molecule has 0 saturated heterocycles. The lowest BCUT2D eigenvalue weighted by Gasteiger charge is -2.22. The summed E-state index contributed by atoms with van der Waals surface area (Å²) < 4.78 is 7.33. The Labute approximate surface area is 204 Å². The van der Waals surface area contributed by atoms with Crippen molar-refractivity contribution in [1.82, 2.24) is 15.1 Å². The van der Waals surface area contributed by atoms with E-state index in [2.05, 4.69) is 10.4 Å². The second-order valence-corrected chi connectivity index (χ2v) is 6.89. The number of fused-ring (bicyclic) bond motifs is 4. The van der Waals surface area contributed by atoms with E-state index >= 15 is 0 Å². The molecule has 1 aliphatic rings. The molecule has 1 aromatic carbocycles. The minimum atomic E-state index is -1.50. The van der Waals surface area contributed by atoms with Crippen LogP contribution in [0.15, 0.2) is 42.0 Å². The summed E-state index contributed by atoms with van der Waals surface area (Å²) in [6, 6.07) is 8.11. The monoisotopic (exact) mass is 474 g/mol. The molecule has 2 heterocycles. The number of carbonyl (C=O) groups excluding carboxylic acids is 2. The maximum absolute atomic E-state index is 12.9. The van der Waals surface area contributed by atoms with Gasteiger partial charge in [0.15, 0.2) is 6.10 Å². The largest absolute Gasteiger partial charge is 0.493 e. The van der Waals surface area contributed by atoms with Crippen molar-refractivity contribution in [3.63, 3.8) is 0 Å². The van der Waals surface area contributed by atoms with Gasteiger partial charge in [0.1, 0.15) is 11.4 Å². The molecule has 0 fully saturated rings. The number of nitrogens with one attached hydrogen (secondary N) is 1. The van der Waals surface area contributed by atoms with Crippen LogP contribution in [0.3, 0.4) is 0 Å². The third-order valence-corrected chi connectivity index (χ3v) is 4.60. The lowest BCUT2D eigenvalue weighted by Crippen LogP contribution is -2.49. The molecule has 8 heteroatoms. The average molecular weight is 475 g/mol. The topological polar surface area (TPSA) is 119 Å². The molecule has 1 aromatic heterocycles. The molecule has 0 aliphatic carbocycles. The van der Waals surface area contributed by atoms with Crippen LogP contribution in [0.5, 0.6) is 5.75 Å². The maximum Gasteiger partial charge on any atom is 0.270 e. The number of benzene rings is 1. The summed E-state index contributed by atoms with van der Waals surface area (Å²) in [5.74, 6) is -0.664. The van der Waals surface area contributed by atoms with Crippen LogP contribution < -0.4 is 15.8 Å². The summed E-state index contributed by atoms with van der Waals surface area (Å²) in [6.45, 7) is 16.2. The van der Waals surface area contributed by atoms with Gasteiger partial charge in [0.2, 0.25) is 5.91 Å². The first-order valence-electron chi connectivity index (χ1n) is 12.1. The standard InChI is InChI=1S/C20H24N4O4.3C2H6/c1-12-6-7-16(18(25)19(21)26)22-20(27)17-10-13(2)23-24(17)14-4-3-5-15(11-14)28-9-8-12;3*1-2/h3-6,10-11,16,18,25H,7-9H2,1-2H3,(H2,21,26)(H,22,27);3*1-2H3/b12-6+;;;. The van der Waals surface area contributed by atoms with Crippen LogP contribution in [0.1, 0.15) is 77.5 Å². The van der Waals surface area contributed by atoms with Crippen molar-refractivity contribution in [2.24, 2.45) is 5.73 Å². The van der Waals surface area contributed by atoms with E-state index in [1.54, 1.807) is 13.0 Å². The minimum Gasteiger partial charge on any atom is -0.493 e. The van der Waals surface area contributed by atoms with Gasteiger partial charge < -0.3 is 20.9 Å². The summed E-state index contributed by atoms with van der Waals surface area (Å²) in [6.07, 6.45) is 1.30. The summed E-state index contributed by atoms with van der Waals surface area (Å²) in [7, 11) is 0. The summed E-state index contributed by atoms with van der Waals surface area (Å²) >= 11 is 0. The Morgan fingerprint density at radius 2 is 1.82 bits per heavy atom. The molecule has 34 heavy (non-hydrogen) atoms. The Kier molecular flexibility index (Phi) is 15.0. The predicted molar refractivity (Wildman–Crippen MR) is 137 cm³/mol. The fourth-order valence-electron chi connectivity index (χ4n) is 3.03. The van der Waals surface area contributed by atoms with Crippen LogP contribution in [0.25, 0.3) is 5.69 Å². The van der Waals surface area contributed by atoms with Gasteiger partial charge in [0.25, 0.3) is 5.91 Å². The third-order valence-electron chi connectivity index (χ3n) is 4.60. The first-order chi connectivity index (χ1) is 16.3. The highest BCUT2D eigenvalue weighted by Gasteiger charge is 2.27. The van der Waals surface area contributed by atoms with E-state index in [0.717, 1.165) is 5.57 Å². The number of hydrogen-bond donors (Lipinski definition) is 3. The first-order valence-corrected chi connectivity index (χ1v) is 12.1. The zero-order chi connectivity index (χ0) is 26.3. The molecule has 2 atom stereocenters. The summed E-state index contributed by atoms with van der Waals surface area (Å²) in [5, 5.41) is 17.3. The zero-order valence-electron chi connectivity index (χ0n) is 21.9. The predicted octanol–water partition coefficient (Wildman–Crippen LogP) is 4.32. The fourth-order valence-corrected chi connectivity index (χ4v) is 3.03. The van der Waals surface area contributed by atoms with E-state index in [1.165, 1.54) is 4.68 Å². The second kappa shape index (κ2) is 16.5. The van der Waals surface area contributed by atoms with E-state index in [-0.39, 0.29) is 12.1 Å². The molecule has 0 radical (unpaired) electrons. The van der Waals surface area contributed by atoms with E-state index in [0.29, 0.717) is 30.2 Å². The van der Waals surface area contributed by atoms with E-state index in [9.17, 15) is 14.7 Å². The molecular weight excluding hydrogens is 432 g/mol. The number of nitrogens with zero attached hydrogens (tertiary/aromatic N) is 2. The number of nitrogens with two attached hydrogens (primary N) is 1. The van der Waals surface area contributed by atoms with Crippen LogP contribution in [-0.4, -0.2) is 45.5 Å². The van der Waals surface area contributed by atoms with Gasteiger partial charge in [-0.3, -0.25) is 9.59 Å². The molecule has 190 valence electrons. The number of hydrogen-bond acceptors (Lipinski definition) is 5. The normalized spacial score (nSPS) is 17.5. The highest BCUT2D eigenvalue weighted by Crippen LogP contribution is 2.20. The number of aliphatic hydroxyl groups is 1. The van der Waals surface area contributed by atoms with Crippen molar-refractivity contribution in [2.75, 3.05) is 6.61 Å². The third kappa shape index (κ3) is 9.02. The number of rotatable bonds is 2. The summed E-state index contributed by atoms with van der Waals surface area (Å²) in [4.78, 5) is 24.4. The van der Waals surface area contributed by atoms with Gasteiger partial charge in [-0.05, 0) is 38.5 Å². The number of aryl methyl sites for hydroxylation is 1. The molecule has 0 spiro atoms. The molecule has 8 nitrogen and oxygen atoms in total. The highest BCUT2D eigenvalue weighted by molar-refractivity contribution is 5.94. The smallest absolute Gasteiger partial charge is 0.270 e. The van der Waals surface area contributed by atoms with Crippen molar-refractivity contribution in [3.8, 4) is 11.4 Å². The van der Waals surface area contributed by atoms with E-state index < -0.39 is 24.0 Å². The number of aliphatic hydroxyl groups excluding tert-OH is 1. The van der Waals surface area contributed by atoms with Crippen LogP contribution >= 0.6 is 0 Å². The van der Waals surface area contributed by atoms with E-state index in [1.807, 2.05) is 78.8 Å². The van der Waals surface area contributed by atoms with Gasteiger partial charge in [-0.15, -0.1) is 0 Å². The number of ether oxygens (including phenoxy) is 1. The molecule has 4 N–H and O–H groups in total. The maximum atomic E-state index is 12.9. The molecule has 3 rings (SSSR count). The van der Waals surface area contributed by atoms with Gasteiger partial charge in [0, 0.05) is 12.5 Å². The van der Waals surface area contributed by atoms with Crippen molar-refractivity contribution >= 4 is 11.8 Å². The SMILES string of the molecule is C/C1=C\CC(C(O)C(N)=O)NC(=O)c2cc(C)nn2-c2cccc(c2)OCC1.CC.CC.CC. The van der Waals surface area contributed by atoms with Crippen LogP contribution in [0, 0.1) is 6.92 Å². The van der Waals surface area contributed by atoms with Gasteiger partial charge in [0.05, 0.1) is 24.0 Å². The quantitative estimate of drug-likeness (QED) is 0.560. The van der Waals surface area contributed by atoms with Crippen molar-refractivity contribution in [1.29, 1.82) is 0 Å². The Hall–Kier alpha value is -3.13. The van der Waals surface area contributed by atoms with Gasteiger partial charge in [-0.25, -0.2) is 4.68 Å². The van der Waals surface area contributed by atoms with Crippen molar-refractivity contribution < 1.29 is 19.4 Å². The minimum absolute atomic E-state index is 0.264. The van der Waals surface area contributed by atoms with Crippen molar-refractivity contribution in [3.05, 3.63) is 53.4 Å². The number of primary amides is 1. The molecule has 1 aliphatic heterocycles. The highest BCUT2D eigenvalue weighted by atomic mass is 16.5. The van der Waals surface area contributed by atoms with E-state index in [4.69, 9.17) is 10.5 Å². The average Bonchev–Trinajstić information content (AvgIpc) is 3.26. The Morgan fingerprint density at radius 3 is 2.44 bits per heavy atom. The molecule has 2 unspecified atom stereocenters. The Morgan fingerprint density at radius 1 is 1.18 bits per heavy atom. The second-order valence-electron chi connectivity index (χ2n) is 6.89. The zero-order valence-corrected chi connectivity index (χ0v) is 21.9. The van der Waals surface area contributed by atoms with Crippen LogP contribution in [-0.2, 0) is 4.79 Å². The number of aromatic nitrogens is 2. The molecule has 2 aromatic rings. The van der Waals surface area contributed by atoms with Gasteiger partial charge in [-0.1, -0.05) is 59.3 Å². The molecule has 2 amide bonds. The number of amides is 2. The Bertz CT molecular complexity index is 921. The first kappa shape index (κ1) is 30.9. The molecular formula is C26H42N4O4. The van der Waals surface area contributed by atoms with Crippen LogP contribution in [0.2, 0.25) is 0 Å². The van der Waals surface area contributed by atoms with Gasteiger partial charge in [-0.2, -0.15) is 5.10 Å². The number of carbonyl (C=O) groups is 2. The molecule has 2 bridgehead atoms. The molecule has 0 saturated carbocycles. The Balaban J connectivity index is 0.00000168. The summed E-state index contributed by atoms with van der Waals surface area (Å²) in [5.41, 5.74) is 7.88. The van der Waals surface area contributed by atoms with Gasteiger partial charge >= 0.3 is 0 Å². The van der Waals surface area contributed by atoms with Crippen molar-refractivity contribution in [2.45, 2.75) is 80.4 Å².